The van der Waals surface area contributed by atoms with E-state index in [1.54, 1.807) is 0 Å². The minimum absolute atomic E-state index is 0.104. The third kappa shape index (κ3) is 3.07. The number of benzene rings is 1. The maximum Gasteiger partial charge on any atom is 0.295 e. The summed E-state index contributed by atoms with van der Waals surface area (Å²) in [6.45, 7) is 7.93. The Hall–Kier alpha value is -0.870. The largest absolute Gasteiger partial charge is 0.295 e. The van der Waals surface area contributed by atoms with Gasteiger partial charge in [0.2, 0.25) is 0 Å². The minimum atomic E-state index is -4.13. The van der Waals surface area contributed by atoms with E-state index in [9.17, 15) is 13.0 Å². The lowest BCUT2D eigenvalue weighted by Crippen LogP contribution is -2.08. The molecule has 0 aliphatic carbocycles. The van der Waals surface area contributed by atoms with Crippen molar-refractivity contribution < 1.29 is 13.0 Å². The molecule has 1 aromatic carbocycles. The van der Waals surface area contributed by atoms with E-state index >= 15 is 0 Å². The van der Waals surface area contributed by atoms with Gasteiger partial charge in [0, 0.05) is 0 Å². The van der Waals surface area contributed by atoms with Crippen LogP contribution in [0.15, 0.2) is 17.0 Å². The Labute approximate surface area is 104 Å². The zero-order valence-corrected chi connectivity index (χ0v) is 11.6. The van der Waals surface area contributed by atoms with E-state index in [4.69, 9.17) is 0 Å². The van der Waals surface area contributed by atoms with Crippen LogP contribution in [0, 0.1) is 0 Å². The van der Waals surface area contributed by atoms with Crippen LogP contribution >= 0.6 is 0 Å². The Morgan fingerprint density at radius 2 is 1.53 bits per heavy atom. The van der Waals surface area contributed by atoms with Gasteiger partial charge in [0.25, 0.3) is 10.1 Å². The fourth-order valence-corrected chi connectivity index (χ4v) is 3.04. The van der Waals surface area contributed by atoms with Crippen molar-refractivity contribution in [2.75, 3.05) is 0 Å². The molecule has 0 radical (unpaired) electrons. The molecular formula is C13H20O3S. The Kier molecular flexibility index (Phi) is 4.33. The molecule has 3 nitrogen and oxygen atoms in total. The molecule has 1 N–H and O–H groups in total. The summed E-state index contributed by atoms with van der Waals surface area (Å²) in [5, 5.41) is 0. The van der Waals surface area contributed by atoms with Crippen molar-refractivity contribution in [2.24, 2.45) is 0 Å². The lowest BCUT2D eigenvalue weighted by molar-refractivity contribution is 0.481. The second-order valence-electron chi connectivity index (χ2n) is 4.51. The predicted molar refractivity (Wildman–Crippen MR) is 69.1 cm³/mol. The Bertz CT molecular complexity index is 476. The Balaban J connectivity index is 3.59. The van der Waals surface area contributed by atoms with E-state index < -0.39 is 10.1 Å². The quantitative estimate of drug-likeness (QED) is 0.842. The molecule has 0 amide bonds. The molecule has 1 rings (SSSR count). The standard InChI is InChI=1S/C13H20O3S/c1-5-10-7-12(9(3)4)8-11(6-2)13(10)17(14,15)16/h7-9H,5-6H2,1-4H3,(H,14,15,16). The summed E-state index contributed by atoms with van der Waals surface area (Å²) in [5.74, 6) is 0.348. The molecule has 0 aliphatic rings. The molecule has 96 valence electrons. The third-order valence-electron chi connectivity index (χ3n) is 2.95. The van der Waals surface area contributed by atoms with Crippen LogP contribution < -0.4 is 0 Å². The van der Waals surface area contributed by atoms with Crippen molar-refractivity contribution >= 4 is 10.1 Å². The maximum absolute atomic E-state index is 11.4. The first-order valence-corrected chi connectivity index (χ1v) is 7.38. The second-order valence-corrected chi connectivity index (χ2v) is 5.86. The summed E-state index contributed by atoms with van der Waals surface area (Å²) in [7, 11) is -4.13. The van der Waals surface area contributed by atoms with Gasteiger partial charge in [0.05, 0.1) is 0 Å². The summed E-state index contributed by atoms with van der Waals surface area (Å²) in [5.41, 5.74) is 2.53. The SMILES string of the molecule is CCc1cc(C(C)C)cc(CC)c1S(=O)(=O)O. The molecule has 0 atom stereocenters. The van der Waals surface area contributed by atoms with E-state index in [-0.39, 0.29) is 4.90 Å². The summed E-state index contributed by atoms with van der Waals surface area (Å²) in [6.07, 6.45) is 1.20. The van der Waals surface area contributed by atoms with Crippen molar-refractivity contribution in [3.63, 3.8) is 0 Å². The number of rotatable bonds is 4. The first-order chi connectivity index (χ1) is 7.81. The first-order valence-electron chi connectivity index (χ1n) is 5.94. The van der Waals surface area contributed by atoms with Crippen LogP contribution in [0.2, 0.25) is 0 Å². The molecule has 0 spiro atoms. The number of aryl methyl sites for hydroxylation is 2. The van der Waals surface area contributed by atoms with Gasteiger partial charge in [0.1, 0.15) is 4.90 Å². The smallest absolute Gasteiger partial charge is 0.282 e. The molecule has 0 aromatic heterocycles. The third-order valence-corrected chi connectivity index (χ3v) is 3.99. The van der Waals surface area contributed by atoms with Gasteiger partial charge in [-0.05, 0) is 35.4 Å². The maximum atomic E-state index is 11.4. The summed E-state index contributed by atoms with van der Waals surface area (Å²) in [4.78, 5) is 0.104. The fourth-order valence-electron chi connectivity index (χ4n) is 1.97. The van der Waals surface area contributed by atoms with Gasteiger partial charge in [-0.2, -0.15) is 8.42 Å². The molecule has 0 unspecified atom stereocenters. The van der Waals surface area contributed by atoms with E-state index in [0.29, 0.717) is 29.9 Å². The van der Waals surface area contributed by atoms with Gasteiger partial charge < -0.3 is 0 Å². The van der Waals surface area contributed by atoms with Crippen molar-refractivity contribution in [2.45, 2.75) is 51.3 Å². The highest BCUT2D eigenvalue weighted by atomic mass is 32.2. The average Bonchev–Trinajstić information content (AvgIpc) is 2.25. The van der Waals surface area contributed by atoms with Crippen molar-refractivity contribution in [3.8, 4) is 0 Å². The Morgan fingerprint density at radius 1 is 1.12 bits per heavy atom. The molecule has 0 fully saturated rings. The number of hydrogen-bond donors (Lipinski definition) is 1. The summed E-state index contributed by atoms with van der Waals surface area (Å²) >= 11 is 0. The molecule has 1 aromatic rings. The van der Waals surface area contributed by atoms with E-state index in [2.05, 4.69) is 13.8 Å². The first kappa shape index (κ1) is 14.2. The van der Waals surface area contributed by atoms with E-state index in [1.165, 1.54) is 0 Å². The van der Waals surface area contributed by atoms with Crippen LogP contribution in [0.3, 0.4) is 0 Å². The lowest BCUT2D eigenvalue weighted by atomic mass is 9.96. The molecule has 0 aliphatic heterocycles. The van der Waals surface area contributed by atoms with Gasteiger partial charge in [-0.25, -0.2) is 0 Å². The van der Waals surface area contributed by atoms with Crippen LogP contribution in [0.25, 0.3) is 0 Å². The highest BCUT2D eigenvalue weighted by molar-refractivity contribution is 7.86. The monoisotopic (exact) mass is 256 g/mol. The van der Waals surface area contributed by atoms with Crippen molar-refractivity contribution in [1.82, 2.24) is 0 Å². The van der Waals surface area contributed by atoms with Crippen molar-refractivity contribution in [3.05, 3.63) is 28.8 Å². The molecule has 0 saturated heterocycles. The van der Waals surface area contributed by atoms with Gasteiger partial charge in [-0.1, -0.05) is 39.8 Å². The zero-order valence-electron chi connectivity index (χ0n) is 10.8. The Morgan fingerprint density at radius 3 is 1.76 bits per heavy atom. The van der Waals surface area contributed by atoms with Crippen molar-refractivity contribution in [1.29, 1.82) is 0 Å². The molecule has 4 heteroatoms. The van der Waals surface area contributed by atoms with Gasteiger partial charge >= 0.3 is 0 Å². The van der Waals surface area contributed by atoms with E-state index in [1.807, 2.05) is 26.0 Å². The zero-order chi connectivity index (χ0) is 13.2. The molecule has 0 saturated carbocycles. The predicted octanol–water partition coefficient (Wildman–Crippen LogP) is 3.18. The summed E-state index contributed by atoms with van der Waals surface area (Å²) in [6, 6.07) is 3.76. The molecule has 17 heavy (non-hydrogen) atoms. The second kappa shape index (κ2) is 5.19. The van der Waals surface area contributed by atoms with Gasteiger partial charge in [-0.3, -0.25) is 4.55 Å². The lowest BCUT2D eigenvalue weighted by Gasteiger charge is -2.15. The minimum Gasteiger partial charge on any atom is -0.282 e. The average molecular weight is 256 g/mol. The van der Waals surface area contributed by atoms with Crippen LogP contribution in [-0.4, -0.2) is 13.0 Å². The molecular weight excluding hydrogens is 236 g/mol. The highest BCUT2D eigenvalue weighted by Crippen LogP contribution is 2.27. The summed E-state index contributed by atoms with van der Waals surface area (Å²) < 4.78 is 32.2. The normalized spacial score (nSPS) is 12.1. The van der Waals surface area contributed by atoms with Gasteiger partial charge in [0.15, 0.2) is 0 Å². The van der Waals surface area contributed by atoms with Crippen LogP contribution in [0.1, 0.15) is 50.3 Å². The van der Waals surface area contributed by atoms with E-state index in [0.717, 1.165) is 5.56 Å². The number of hydrogen-bond acceptors (Lipinski definition) is 2. The van der Waals surface area contributed by atoms with Crippen LogP contribution in [-0.2, 0) is 23.0 Å². The fraction of sp³-hybridized carbons (Fsp3) is 0.538. The van der Waals surface area contributed by atoms with Crippen LogP contribution in [0.5, 0.6) is 0 Å². The van der Waals surface area contributed by atoms with Gasteiger partial charge in [-0.15, -0.1) is 0 Å². The molecule has 0 bridgehead atoms. The molecule has 0 heterocycles. The van der Waals surface area contributed by atoms with Crippen LogP contribution in [0.4, 0.5) is 0 Å². The highest BCUT2D eigenvalue weighted by Gasteiger charge is 2.20. The topological polar surface area (TPSA) is 54.4 Å².